The summed E-state index contributed by atoms with van der Waals surface area (Å²) in [6.45, 7) is 1.44. The summed E-state index contributed by atoms with van der Waals surface area (Å²) in [5.74, 6) is 1.75. The summed E-state index contributed by atoms with van der Waals surface area (Å²) in [6, 6.07) is 3.69. The molecule has 0 aliphatic carbocycles. The number of imidazole rings is 1. The zero-order valence-electron chi connectivity index (χ0n) is 11.0. The molecule has 2 aromatic rings. The van der Waals surface area contributed by atoms with Crippen LogP contribution in [0, 0.1) is 0 Å². The van der Waals surface area contributed by atoms with E-state index >= 15 is 0 Å². The maximum absolute atomic E-state index is 12.3. The van der Waals surface area contributed by atoms with Gasteiger partial charge in [0.1, 0.15) is 17.3 Å². The molecule has 5 nitrogen and oxygen atoms in total. The van der Waals surface area contributed by atoms with Crippen molar-refractivity contribution in [1.29, 1.82) is 0 Å². The van der Waals surface area contributed by atoms with E-state index < -0.39 is 0 Å². The summed E-state index contributed by atoms with van der Waals surface area (Å²) < 4.78 is 7.35. The van der Waals surface area contributed by atoms with Gasteiger partial charge in [0.15, 0.2) is 0 Å². The van der Waals surface area contributed by atoms with Crippen LogP contribution in [0.3, 0.4) is 0 Å². The number of carbonyl (C=O) groups is 1. The molecule has 1 amide bonds. The van der Waals surface area contributed by atoms with Crippen molar-refractivity contribution in [1.82, 2.24) is 14.5 Å². The van der Waals surface area contributed by atoms with Gasteiger partial charge in [0.25, 0.3) is 5.91 Å². The zero-order chi connectivity index (χ0) is 13.2. The first-order valence-corrected chi connectivity index (χ1v) is 6.58. The highest BCUT2D eigenvalue weighted by atomic mass is 16.3. The van der Waals surface area contributed by atoms with E-state index in [1.807, 2.05) is 18.3 Å². The Bertz CT molecular complexity index is 548. The average molecular weight is 259 g/mol. The number of aryl methyl sites for hydroxylation is 2. The number of fused-ring (bicyclic) bond motifs is 1. The van der Waals surface area contributed by atoms with E-state index in [1.165, 1.54) is 6.42 Å². The number of amides is 1. The molecule has 3 rings (SSSR count). The van der Waals surface area contributed by atoms with Crippen LogP contribution in [0.25, 0.3) is 0 Å². The molecule has 100 valence electrons. The van der Waals surface area contributed by atoms with Crippen LogP contribution in [-0.4, -0.2) is 27.4 Å². The van der Waals surface area contributed by atoms with Crippen molar-refractivity contribution in [3.05, 3.63) is 41.9 Å². The van der Waals surface area contributed by atoms with Crippen molar-refractivity contribution in [3.63, 3.8) is 0 Å². The minimum absolute atomic E-state index is 0.0571. The highest BCUT2D eigenvalue weighted by molar-refractivity contribution is 5.92. The molecule has 0 spiro atoms. The number of hydrogen-bond donors (Lipinski definition) is 0. The number of nitrogens with zero attached hydrogens (tertiary/aromatic N) is 3. The lowest BCUT2D eigenvalue weighted by Gasteiger charge is -2.13. The second-order valence-electron chi connectivity index (χ2n) is 4.93. The van der Waals surface area contributed by atoms with Crippen molar-refractivity contribution < 1.29 is 9.21 Å². The van der Waals surface area contributed by atoms with Crippen LogP contribution in [0.15, 0.2) is 29.0 Å². The average Bonchev–Trinajstić information content (AvgIpc) is 3.05. The summed E-state index contributed by atoms with van der Waals surface area (Å²) in [4.78, 5) is 18.4. The molecule has 1 aliphatic rings. The highest BCUT2D eigenvalue weighted by Crippen LogP contribution is 2.16. The van der Waals surface area contributed by atoms with E-state index in [1.54, 1.807) is 18.2 Å². The molecule has 5 heteroatoms. The molecule has 1 aliphatic heterocycles. The Kier molecular flexibility index (Phi) is 3.11. The van der Waals surface area contributed by atoms with E-state index in [0.29, 0.717) is 12.2 Å². The normalized spacial score (nSPS) is 14.2. The largest absolute Gasteiger partial charge is 0.467 e. The smallest absolute Gasteiger partial charge is 0.274 e. The van der Waals surface area contributed by atoms with E-state index in [2.05, 4.69) is 9.55 Å². The molecule has 0 radical (unpaired) electrons. The van der Waals surface area contributed by atoms with Gasteiger partial charge >= 0.3 is 0 Å². The lowest BCUT2D eigenvalue weighted by atomic mass is 10.2. The molecule has 0 aromatic carbocycles. The molecule has 0 unspecified atom stereocenters. The van der Waals surface area contributed by atoms with Crippen LogP contribution in [-0.2, 0) is 19.5 Å². The van der Waals surface area contributed by atoms with Gasteiger partial charge in [0.2, 0.25) is 0 Å². The van der Waals surface area contributed by atoms with E-state index in [-0.39, 0.29) is 5.91 Å². The van der Waals surface area contributed by atoms with Crippen molar-refractivity contribution >= 4 is 5.91 Å². The number of rotatable bonds is 3. The fraction of sp³-hybridized carbons (Fsp3) is 0.429. The molecule has 3 heterocycles. The topological polar surface area (TPSA) is 51.3 Å². The Morgan fingerprint density at radius 3 is 3.16 bits per heavy atom. The fourth-order valence-electron chi connectivity index (χ4n) is 2.42. The van der Waals surface area contributed by atoms with Crippen LogP contribution in [0.2, 0.25) is 0 Å². The van der Waals surface area contributed by atoms with Crippen molar-refractivity contribution in [2.45, 2.75) is 32.4 Å². The quantitative estimate of drug-likeness (QED) is 0.848. The molecular formula is C14H17N3O2. The first kappa shape index (κ1) is 12.0. The van der Waals surface area contributed by atoms with Crippen molar-refractivity contribution in [3.8, 4) is 0 Å². The Morgan fingerprint density at radius 1 is 1.53 bits per heavy atom. The Morgan fingerprint density at radius 2 is 2.42 bits per heavy atom. The van der Waals surface area contributed by atoms with Crippen LogP contribution < -0.4 is 0 Å². The first-order chi connectivity index (χ1) is 9.24. The molecule has 2 aromatic heterocycles. The van der Waals surface area contributed by atoms with Gasteiger partial charge in [-0.1, -0.05) is 0 Å². The second-order valence-corrected chi connectivity index (χ2v) is 4.93. The molecule has 0 saturated heterocycles. The van der Waals surface area contributed by atoms with Gasteiger partial charge in [-0.2, -0.15) is 0 Å². The van der Waals surface area contributed by atoms with Crippen LogP contribution in [0.5, 0.6) is 0 Å². The molecule has 0 bridgehead atoms. The van der Waals surface area contributed by atoms with Gasteiger partial charge in [0, 0.05) is 26.2 Å². The van der Waals surface area contributed by atoms with Crippen LogP contribution >= 0.6 is 0 Å². The molecule has 0 saturated carbocycles. The van der Waals surface area contributed by atoms with Gasteiger partial charge < -0.3 is 13.9 Å². The number of hydrogen-bond acceptors (Lipinski definition) is 3. The molecule has 0 atom stereocenters. The van der Waals surface area contributed by atoms with E-state index in [0.717, 1.165) is 31.0 Å². The summed E-state index contributed by atoms with van der Waals surface area (Å²) >= 11 is 0. The number of furan rings is 1. The van der Waals surface area contributed by atoms with Crippen molar-refractivity contribution in [2.24, 2.45) is 0 Å². The van der Waals surface area contributed by atoms with Gasteiger partial charge in [0.05, 0.1) is 12.8 Å². The lowest BCUT2D eigenvalue weighted by molar-refractivity contribution is 0.0770. The molecule has 0 N–H and O–H groups in total. The third-order valence-electron chi connectivity index (χ3n) is 3.45. The molecule has 19 heavy (non-hydrogen) atoms. The SMILES string of the molecule is CN(Cc1ccco1)C(=O)c1cn2c(n1)CCCC2. The molecule has 0 fully saturated rings. The van der Waals surface area contributed by atoms with Gasteiger partial charge in [-0.3, -0.25) is 4.79 Å². The Hall–Kier alpha value is -2.04. The first-order valence-electron chi connectivity index (χ1n) is 6.58. The highest BCUT2D eigenvalue weighted by Gasteiger charge is 2.19. The third kappa shape index (κ3) is 2.41. The Balaban J connectivity index is 1.74. The van der Waals surface area contributed by atoms with Crippen molar-refractivity contribution in [2.75, 3.05) is 7.05 Å². The summed E-state index contributed by atoms with van der Waals surface area (Å²) in [6.07, 6.45) is 6.78. The second kappa shape index (κ2) is 4.91. The van der Waals surface area contributed by atoms with E-state index in [4.69, 9.17) is 4.42 Å². The van der Waals surface area contributed by atoms with Gasteiger partial charge in [-0.25, -0.2) is 4.98 Å². The molecular weight excluding hydrogens is 242 g/mol. The third-order valence-corrected chi connectivity index (χ3v) is 3.45. The summed E-state index contributed by atoms with van der Waals surface area (Å²) in [5, 5.41) is 0. The van der Waals surface area contributed by atoms with E-state index in [9.17, 15) is 4.79 Å². The maximum Gasteiger partial charge on any atom is 0.274 e. The zero-order valence-corrected chi connectivity index (χ0v) is 11.0. The van der Waals surface area contributed by atoms with Crippen LogP contribution in [0.1, 0.15) is 34.9 Å². The minimum atomic E-state index is -0.0571. The maximum atomic E-state index is 12.3. The Labute approximate surface area is 111 Å². The number of aromatic nitrogens is 2. The van der Waals surface area contributed by atoms with Gasteiger partial charge in [-0.15, -0.1) is 0 Å². The predicted molar refractivity (Wildman–Crippen MR) is 69.7 cm³/mol. The van der Waals surface area contributed by atoms with Crippen LogP contribution in [0.4, 0.5) is 0 Å². The number of carbonyl (C=O) groups excluding carboxylic acids is 1. The predicted octanol–water partition coefficient (Wildman–Crippen LogP) is 2.08. The summed E-state index contributed by atoms with van der Waals surface area (Å²) in [7, 11) is 1.77. The lowest BCUT2D eigenvalue weighted by Crippen LogP contribution is -2.26. The minimum Gasteiger partial charge on any atom is -0.467 e. The summed E-state index contributed by atoms with van der Waals surface area (Å²) in [5.41, 5.74) is 0.533. The van der Waals surface area contributed by atoms with Gasteiger partial charge in [-0.05, 0) is 25.0 Å². The monoisotopic (exact) mass is 259 g/mol. The fourth-order valence-corrected chi connectivity index (χ4v) is 2.42. The standard InChI is InChI=1S/C14H17N3O2/c1-16(9-11-5-4-8-19-11)14(18)12-10-17-7-3-2-6-13(17)15-12/h4-5,8,10H,2-3,6-7,9H2,1H3.